The van der Waals surface area contributed by atoms with E-state index in [4.69, 9.17) is 5.26 Å². The number of carbonyl (C=O) groups is 1. The first-order valence-electron chi connectivity index (χ1n) is 5.44. The van der Waals surface area contributed by atoms with Crippen molar-refractivity contribution < 1.29 is 18.3 Å². The van der Waals surface area contributed by atoms with Gasteiger partial charge in [-0.1, -0.05) is 6.92 Å². The largest absolute Gasteiger partial charge is 0.469 e. The lowest BCUT2D eigenvalue weighted by atomic mass is 9.96. The fraction of sp³-hybridized carbons (Fsp3) is 0.385. The fourth-order valence-electron chi connectivity index (χ4n) is 1.69. The molecule has 1 aromatic rings. The monoisotopic (exact) mass is 253 g/mol. The third-order valence-corrected chi connectivity index (χ3v) is 2.66. The van der Waals surface area contributed by atoms with E-state index in [1.54, 1.807) is 6.92 Å². The van der Waals surface area contributed by atoms with Crippen LogP contribution in [0.15, 0.2) is 12.1 Å². The number of halogens is 2. The number of ether oxygens (including phenoxy) is 1. The molecule has 0 aliphatic heterocycles. The number of hydrogen-bond donors (Lipinski definition) is 0. The van der Waals surface area contributed by atoms with E-state index in [1.807, 2.05) is 6.07 Å². The van der Waals surface area contributed by atoms with Crippen molar-refractivity contribution in [3.63, 3.8) is 0 Å². The lowest BCUT2D eigenvalue weighted by Gasteiger charge is -2.11. The summed E-state index contributed by atoms with van der Waals surface area (Å²) in [7, 11) is 1.19. The maximum atomic E-state index is 12.9. The van der Waals surface area contributed by atoms with Gasteiger partial charge in [0.1, 0.15) is 0 Å². The van der Waals surface area contributed by atoms with Gasteiger partial charge in [0.25, 0.3) is 6.43 Å². The van der Waals surface area contributed by atoms with Crippen molar-refractivity contribution in [1.82, 2.24) is 0 Å². The van der Waals surface area contributed by atoms with E-state index in [0.717, 1.165) is 0 Å². The Bertz CT molecular complexity index is 492. The third-order valence-electron chi connectivity index (χ3n) is 2.66. The highest BCUT2D eigenvalue weighted by Gasteiger charge is 2.18. The summed E-state index contributed by atoms with van der Waals surface area (Å²) >= 11 is 0. The van der Waals surface area contributed by atoms with E-state index in [0.29, 0.717) is 17.5 Å². The zero-order valence-corrected chi connectivity index (χ0v) is 10.2. The van der Waals surface area contributed by atoms with Crippen molar-refractivity contribution in [2.45, 2.75) is 26.2 Å². The number of esters is 1. The molecule has 0 aromatic heterocycles. The zero-order chi connectivity index (χ0) is 13.7. The molecule has 0 heterocycles. The molecule has 0 radical (unpaired) electrons. The van der Waals surface area contributed by atoms with Gasteiger partial charge < -0.3 is 4.74 Å². The Hall–Kier alpha value is -1.96. The first-order chi connectivity index (χ1) is 8.53. The Labute approximate surface area is 104 Å². The molecule has 0 aliphatic rings. The number of benzene rings is 1. The highest BCUT2D eigenvalue weighted by molar-refractivity contribution is 5.73. The highest BCUT2D eigenvalue weighted by atomic mass is 19.3. The minimum atomic E-state index is -2.68. The van der Waals surface area contributed by atoms with E-state index < -0.39 is 12.4 Å². The van der Waals surface area contributed by atoms with Gasteiger partial charge in [-0.15, -0.1) is 0 Å². The number of carbonyl (C=O) groups excluding carboxylic acids is 1. The van der Waals surface area contributed by atoms with Crippen molar-refractivity contribution in [3.05, 3.63) is 34.4 Å². The van der Waals surface area contributed by atoms with E-state index in [-0.39, 0.29) is 17.5 Å². The molecule has 0 amide bonds. The molecular weight excluding hydrogens is 240 g/mol. The topological polar surface area (TPSA) is 50.1 Å². The minimum absolute atomic E-state index is 0.144. The molecule has 0 unspecified atom stereocenters. The Morgan fingerprint density at radius 3 is 2.56 bits per heavy atom. The Kier molecular flexibility index (Phi) is 4.78. The average Bonchev–Trinajstić information content (AvgIpc) is 2.37. The second kappa shape index (κ2) is 6.10. The van der Waals surface area contributed by atoms with Crippen molar-refractivity contribution in [2.75, 3.05) is 7.11 Å². The van der Waals surface area contributed by atoms with Gasteiger partial charge in [-0.25, -0.2) is 8.78 Å². The molecule has 0 saturated heterocycles. The zero-order valence-electron chi connectivity index (χ0n) is 10.2. The van der Waals surface area contributed by atoms with Crippen LogP contribution >= 0.6 is 0 Å². The molecule has 0 bridgehead atoms. The normalized spacial score (nSPS) is 10.2. The summed E-state index contributed by atoms with van der Waals surface area (Å²) in [5, 5.41) is 8.94. The molecule has 0 N–H and O–H groups in total. The van der Waals surface area contributed by atoms with Crippen LogP contribution in [0.5, 0.6) is 0 Å². The molecule has 0 spiro atoms. The molecule has 3 nitrogen and oxygen atoms in total. The molecule has 1 rings (SSSR count). The summed E-state index contributed by atoms with van der Waals surface area (Å²) in [6, 6.07) is 4.58. The van der Waals surface area contributed by atoms with Gasteiger partial charge in [-0.2, -0.15) is 5.26 Å². The van der Waals surface area contributed by atoms with E-state index in [2.05, 4.69) is 4.74 Å². The maximum absolute atomic E-state index is 12.9. The standard InChI is InChI=1S/C13H13F2NO2/c1-3-8-5-11(13(14)15)9(4-10(8)7-16)6-12(17)18-2/h4-5,13H,3,6H2,1-2H3. The number of aryl methyl sites for hydroxylation is 1. The molecule has 96 valence electrons. The van der Waals surface area contributed by atoms with Gasteiger partial charge in [-0.3, -0.25) is 4.79 Å². The van der Waals surface area contributed by atoms with E-state index >= 15 is 0 Å². The van der Waals surface area contributed by atoms with Gasteiger partial charge >= 0.3 is 5.97 Å². The van der Waals surface area contributed by atoms with Crippen LogP contribution < -0.4 is 0 Å². The number of alkyl halides is 2. The summed E-state index contributed by atoms with van der Waals surface area (Å²) in [5.41, 5.74) is 0.809. The Balaban J connectivity index is 3.30. The summed E-state index contributed by atoms with van der Waals surface area (Å²) in [6.45, 7) is 1.78. The van der Waals surface area contributed by atoms with Crippen molar-refractivity contribution in [3.8, 4) is 6.07 Å². The van der Waals surface area contributed by atoms with Crippen LogP contribution in [0, 0.1) is 11.3 Å². The molecule has 1 aromatic carbocycles. The first-order valence-corrected chi connectivity index (χ1v) is 5.44. The van der Waals surface area contributed by atoms with Crippen molar-refractivity contribution in [2.24, 2.45) is 0 Å². The molecule has 0 atom stereocenters. The highest BCUT2D eigenvalue weighted by Crippen LogP contribution is 2.27. The Morgan fingerprint density at radius 2 is 2.11 bits per heavy atom. The van der Waals surface area contributed by atoms with Crippen LogP contribution in [-0.2, 0) is 22.4 Å². The predicted octanol–water partition coefficient (Wildman–Crippen LogP) is 2.77. The number of rotatable bonds is 4. The quantitative estimate of drug-likeness (QED) is 0.775. The van der Waals surface area contributed by atoms with Gasteiger partial charge in [0.2, 0.25) is 0 Å². The maximum Gasteiger partial charge on any atom is 0.309 e. The second-order valence-electron chi connectivity index (χ2n) is 3.73. The molecule has 0 fully saturated rings. The van der Waals surface area contributed by atoms with Crippen molar-refractivity contribution >= 4 is 5.97 Å². The van der Waals surface area contributed by atoms with Gasteiger partial charge in [0.05, 0.1) is 25.2 Å². The third kappa shape index (κ3) is 3.04. The van der Waals surface area contributed by atoms with Crippen LogP contribution in [0.1, 0.15) is 35.6 Å². The van der Waals surface area contributed by atoms with Gasteiger partial charge in [0.15, 0.2) is 0 Å². The number of methoxy groups -OCH3 is 1. The van der Waals surface area contributed by atoms with Gasteiger partial charge in [0, 0.05) is 5.56 Å². The predicted molar refractivity (Wildman–Crippen MR) is 61.2 cm³/mol. The molecule has 5 heteroatoms. The van der Waals surface area contributed by atoms with Crippen LogP contribution in [0.3, 0.4) is 0 Å². The first kappa shape index (κ1) is 14.1. The molecular formula is C13H13F2NO2. The second-order valence-corrected chi connectivity index (χ2v) is 3.73. The number of nitriles is 1. The van der Waals surface area contributed by atoms with Crippen LogP contribution in [-0.4, -0.2) is 13.1 Å². The van der Waals surface area contributed by atoms with E-state index in [1.165, 1.54) is 19.2 Å². The lowest BCUT2D eigenvalue weighted by molar-refractivity contribution is -0.139. The van der Waals surface area contributed by atoms with Crippen LogP contribution in [0.2, 0.25) is 0 Å². The summed E-state index contributed by atoms with van der Waals surface area (Å²) in [4.78, 5) is 11.2. The van der Waals surface area contributed by atoms with E-state index in [9.17, 15) is 13.6 Å². The smallest absolute Gasteiger partial charge is 0.309 e. The summed E-state index contributed by atoms with van der Waals surface area (Å²) in [5.74, 6) is -0.606. The molecule has 0 saturated carbocycles. The molecule has 18 heavy (non-hydrogen) atoms. The summed E-state index contributed by atoms with van der Waals surface area (Å²) in [6.07, 6.45) is -2.45. The number of nitrogens with zero attached hydrogens (tertiary/aromatic N) is 1. The average molecular weight is 253 g/mol. The van der Waals surface area contributed by atoms with Crippen LogP contribution in [0.4, 0.5) is 8.78 Å². The number of hydrogen-bond acceptors (Lipinski definition) is 3. The lowest BCUT2D eigenvalue weighted by Crippen LogP contribution is -2.08. The SMILES string of the molecule is CCc1cc(C(F)F)c(CC(=O)OC)cc1C#N. The minimum Gasteiger partial charge on any atom is -0.469 e. The summed E-state index contributed by atoms with van der Waals surface area (Å²) < 4.78 is 30.2. The van der Waals surface area contributed by atoms with Crippen LogP contribution in [0.25, 0.3) is 0 Å². The Morgan fingerprint density at radius 1 is 1.44 bits per heavy atom. The van der Waals surface area contributed by atoms with Crippen molar-refractivity contribution in [1.29, 1.82) is 5.26 Å². The van der Waals surface area contributed by atoms with Gasteiger partial charge in [-0.05, 0) is 29.7 Å². The fourth-order valence-corrected chi connectivity index (χ4v) is 1.69. The molecule has 0 aliphatic carbocycles.